The van der Waals surface area contributed by atoms with Gasteiger partial charge in [-0.2, -0.15) is 5.10 Å². The van der Waals surface area contributed by atoms with Gasteiger partial charge >= 0.3 is 0 Å². The van der Waals surface area contributed by atoms with E-state index in [1.54, 1.807) is 41.3 Å². The number of anilines is 2. The molecule has 3 aromatic rings. The Kier molecular flexibility index (Phi) is 6.50. The molecule has 0 radical (unpaired) electrons. The lowest BCUT2D eigenvalue weighted by atomic mass is 10.1. The van der Waals surface area contributed by atoms with Crippen molar-refractivity contribution in [2.45, 2.75) is 12.5 Å². The summed E-state index contributed by atoms with van der Waals surface area (Å²) >= 11 is 17.5. The second-order valence-electron chi connectivity index (χ2n) is 7.52. The Labute approximate surface area is 200 Å². The third-order valence-corrected chi connectivity index (χ3v) is 6.28. The van der Waals surface area contributed by atoms with Gasteiger partial charge in [-0.15, -0.1) is 0 Å². The highest BCUT2D eigenvalue weighted by atomic mass is 35.5. The molecule has 4 N–H and O–H groups in total. The Bertz CT molecular complexity index is 1180. The van der Waals surface area contributed by atoms with Crippen molar-refractivity contribution in [1.82, 2.24) is 25.0 Å². The Hall–Kier alpha value is -2.88. The van der Waals surface area contributed by atoms with E-state index in [1.165, 1.54) is 0 Å². The highest BCUT2D eigenvalue weighted by molar-refractivity contribution is 7.80. The number of aromatic nitrogens is 3. The van der Waals surface area contributed by atoms with Gasteiger partial charge in [-0.3, -0.25) is 9.48 Å². The molecule has 1 saturated heterocycles. The minimum atomic E-state index is -0.268. The summed E-state index contributed by atoms with van der Waals surface area (Å²) in [7, 11) is 1.83. The minimum absolute atomic E-state index is 0.0718. The number of aryl methyl sites for hydroxylation is 1. The van der Waals surface area contributed by atoms with Gasteiger partial charge in [0, 0.05) is 55.4 Å². The summed E-state index contributed by atoms with van der Waals surface area (Å²) in [5.74, 6) is -0.0854. The van der Waals surface area contributed by atoms with Crippen LogP contribution in [0.2, 0.25) is 10.0 Å². The van der Waals surface area contributed by atoms with Gasteiger partial charge in [0.1, 0.15) is 5.82 Å². The third-order valence-electron chi connectivity index (χ3n) is 5.18. The molecule has 1 fully saturated rings. The van der Waals surface area contributed by atoms with Crippen LogP contribution in [0.1, 0.15) is 16.8 Å². The van der Waals surface area contributed by atoms with E-state index in [-0.39, 0.29) is 17.8 Å². The Balaban J connectivity index is 1.38. The fourth-order valence-electron chi connectivity index (χ4n) is 3.49. The predicted octanol–water partition coefficient (Wildman–Crippen LogP) is 3.57. The summed E-state index contributed by atoms with van der Waals surface area (Å²) in [5.41, 5.74) is 8.70. The Morgan fingerprint density at radius 2 is 2.03 bits per heavy atom. The quantitative estimate of drug-likeness (QED) is 0.481. The van der Waals surface area contributed by atoms with Crippen molar-refractivity contribution in [3.05, 3.63) is 58.5 Å². The molecule has 0 saturated carbocycles. The molecule has 0 bridgehead atoms. The number of rotatable bonds is 4. The summed E-state index contributed by atoms with van der Waals surface area (Å²) < 4.78 is 1.69. The first kappa shape index (κ1) is 22.3. The number of likely N-dealkylation sites (tertiary alicyclic amines) is 1. The monoisotopic (exact) mass is 489 g/mol. The molecule has 1 atom stereocenters. The van der Waals surface area contributed by atoms with E-state index >= 15 is 0 Å². The number of carbonyl (C=O) groups excluding carboxylic acids is 1. The Morgan fingerprint density at radius 3 is 2.75 bits per heavy atom. The maximum atomic E-state index is 12.9. The summed E-state index contributed by atoms with van der Waals surface area (Å²) in [4.78, 5) is 19.1. The predicted molar refractivity (Wildman–Crippen MR) is 131 cm³/mol. The molecule has 11 heteroatoms. The summed E-state index contributed by atoms with van der Waals surface area (Å²) in [6, 6.07) is 6.90. The van der Waals surface area contributed by atoms with Gasteiger partial charge in [0.05, 0.1) is 21.8 Å². The van der Waals surface area contributed by atoms with Crippen LogP contribution in [-0.4, -0.2) is 49.8 Å². The van der Waals surface area contributed by atoms with Gasteiger partial charge in [-0.05, 0) is 42.9 Å². The Morgan fingerprint density at radius 1 is 1.22 bits per heavy atom. The number of nitrogens with two attached hydrogens (primary N) is 1. The second-order valence-corrected chi connectivity index (χ2v) is 8.72. The van der Waals surface area contributed by atoms with Crippen LogP contribution in [-0.2, 0) is 7.05 Å². The van der Waals surface area contributed by atoms with Crippen LogP contribution in [0.25, 0.3) is 11.1 Å². The van der Waals surface area contributed by atoms with Gasteiger partial charge in [-0.25, -0.2) is 4.98 Å². The van der Waals surface area contributed by atoms with Crippen molar-refractivity contribution in [3.8, 4) is 11.1 Å². The fraction of sp³-hybridized carbons (Fsp3) is 0.238. The van der Waals surface area contributed by atoms with Crippen molar-refractivity contribution in [2.75, 3.05) is 24.1 Å². The van der Waals surface area contributed by atoms with Crippen LogP contribution >= 0.6 is 35.4 Å². The lowest BCUT2D eigenvalue weighted by Gasteiger charge is -2.21. The molecule has 2 aromatic heterocycles. The van der Waals surface area contributed by atoms with Crippen LogP contribution in [0.5, 0.6) is 0 Å². The number of pyridine rings is 1. The number of nitrogens with zero attached hydrogens (tertiary/aromatic N) is 4. The third kappa shape index (κ3) is 4.95. The van der Waals surface area contributed by atoms with Crippen molar-refractivity contribution < 1.29 is 4.79 Å². The zero-order valence-electron chi connectivity index (χ0n) is 17.2. The van der Waals surface area contributed by atoms with Crippen LogP contribution < -0.4 is 16.4 Å². The van der Waals surface area contributed by atoms with E-state index in [9.17, 15) is 4.79 Å². The van der Waals surface area contributed by atoms with Gasteiger partial charge in [0.15, 0.2) is 5.11 Å². The van der Waals surface area contributed by atoms with Gasteiger partial charge in [-0.1, -0.05) is 23.2 Å². The van der Waals surface area contributed by atoms with E-state index < -0.39 is 0 Å². The van der Waals surface area contributed by atoms with E-state index in [2.05, 4.69) is 20.7 Å². The first-order valence-electron chi connectivity index (χ1n) is 9.86. The lowest BCUT2D eigenvalue weighted by molar-refractivity contribution is 0.0939. The highest BCUT2D eigenvalue weighted by Crippen LogP contribution is 2.26. The average Bonchev–Trinajstić information content (AvgIpc) is 3.40. The lowest BCUT2D eigenvalue weighted by Crippen LogP contribution is -2.39. The number of benzene rings is 1. The van der Waals surface area contributed by atoms with E-state index in [4.69, 9.17) is 41.2 Å². The maximum Gasteiger partial charge on any atom is 0.255 e. The SMILES string of the molecule is Cn1cc(-c2cnc(N)c(C(=O)N[C@@H]3CCN(C(=S)Nc4ccc(Cl)c(Cl)c4)C3)c2)cn1. The molecule has 0 unspecified atom stereocenters. The van der Waals surface area contributed by atoms with Crippen LogP contribution in [0.4, 0.5) is 11.5 Å². The molecule has 1 aliphatic rings. The number of hydrogen-bond donors (Lipinski definition) is 3. The molecular formula is C21H21Cl2N7OS. The first-order valence-corrected chi connectivity index (χ1v) is 11.0. The average molecular weight is 490 g/mol. The smallest absolute Gasteiger partial charge is 0.255 e. The standard InChI is InChI=1S/C21H21Cl2N7OS/c1-29-10-13(9-26-29)12-6-16(19(24)25-8-12)20(31)27-15-4-5-30(11-15)21(32)28-14-2-3-17(22)18(23)7-14/h2-3,6-10,15H,4-5,11H2,1H3,(H2,24,25)(H,27,31)(H,28,32)/t15-/m1/s1. The molecular weight excluding hydrogens is 469 g/mol. The molecule has 3 heterocycles. The van der Waals surface area contributed by atoms with Crippen molar-refractivity contribution in [1.29, 1.82) is 0 Å². The van der Waals surface area contributed by atoms with Gasteiger partial charge < -0.3 is 21.3 Å². The van der Waals surface area contributed by atoms with Crippen molar-refractivity contribution in [3.63, 3.8) is 0 Å². The molecule has 4 rings (SSSR count). The van der Waals surface area contributed by atoms with E-state index in [0.29, 0.717) is 33.8 Å². The maximum absolute atomic E-state index is 12.9. The molecule has 0 aliphatic carbocycles. The zero-order valence-corrected chi connectivity index (χ0v) is 19.5. The summed E-state index contributed by atoms with van der Waals surface area (Å²) in [6.45, 7) is 1.29. The van der Waals surface area contributed by atoms with E-state index in [0.717, 1.165) is 23.2 Å². The number of halogens is 2. The molecule has 1 aromatic carbocycles. The number of carbonyl (C=O) groups is 1. The largest absolute Gasteiger partial charge is 0.383 e. The zero-order chi connectivity index (χ0) is 22.8. The number of hydrogen-bond acceptors (Lipinski definition) is 5. The number of thiocarbonyl (C=S) groups is 1. The normalized spacial score (nSPS) is 15.6. The van der Waals surface area contributed by atoms with Crippen LogP contribution in [0.15, 0.2) is 42.9 Å². The highest BCUT2D eigenvalue weighted by Gasteiger charge is 2.27. The molecule has 8 nitrogen and oxygen atoms in total. The topological polar surface area (TPSA) is 101 Å². The summed E-state index contributed by atoms with van der Waals surface area (Å²) in [5, 5.41) is 11.8. The molecule has 32 heavy (non-hydrogen) atoms. The number of nitrogen functional groups attached to an aromatic ring is 1. The van der Waals surface area contributed by atoms with E-state index in [1.807, 2.05) is 18.1 Å². The van der Waals surface area contributed by atoms with Crippen LogP contribution in [0.3, 0.4) is 0 Å². The second kappa shape index (κ2) is 9.32. The van der Waals surface area contributed by atoms with Gasteiger partial charge in [0.25, 0.3) is 5.91 Å². The molecule has 1 aliphatic heterocycles. The molecule has 0 spiro atoms. The van der Waals surface area contributed by atoms with Crippen molar-refractivity contribution >= 4 is 57.9 Å². The van der Waals surface area contributed by atoms with Crippen LogP contribution in [0, 0.1) is 0 Å². The van der Waals surface area contributed by atoms with Gasteiger partial charge in [0.2, 0.25) is 0 Å². The number of nitrogens with one attached hydrogen (secondary N) is 2. The molecule has 166 valence electrons. The first-order chi connectivity index (χ1) is 15.3. The summed E-state index contributed by atoms with van der Waals surface area (Å²) in [6.07, 6.45) is 5.95. The fourth-order valence-corrected chi connectivity index (χ4v) is 4.07. The molecule has 1 amide bonds. The number of amides is 1. The minimum Gasteiger partial charge on any atom is -0.383 e. The van der Waals surface area contributed by atoms with Crippen molar-refractivity contribution in [2.24, 2.45) is 7.05 Å².